The highest BCUT2D eigenvalue weighted by molar-refractivity contribution is 8.00. The molecule has 0 unspecified atom stereocenters. The lowest BCUT2D eigenvalue weighted by Crippen LogP contribution is -2.37. The molecule has 5 nitrogen and oxygen atoms in total. The molecule has 0 spiro atoms. The van der Waals surface area contributed by atoms with Gasteiger partial charge in [0.2, 0.25) is 5.91 Å². The molecule has 0 bridgehead atoms. The first kappa shape index (κ1) is 19.7. The Balaban J connectivity index is 2.10. The number of hydrogen-bond donors (Lipinski definition) is 1. The van der Waals surface area contributed by atoms with Gasteiger partial charge in [-0.15, -0.1) is 11.3 Å². The number of nitrogens with zero attached hydrogens (tertiary/aromatic N) is 2. The van der Waals surface area contributed by atoms with Crippen LogP contribution in [0, 0.1) is 13.8 Å². The van der Waals surface area contributed by atoms with Gasteiger partial charge in [0.1, 0.15) is 0 Å². The van der Waals surface area contributed by atoms with Gasteiger partial charge in [0.15, 0.2) is 5.16 Å². The van der Waals surface area contributed by atoms with Gasteiger partial charge >= 0.3 is 0 Å². The molecular formula is C18H25N3O2S2. The molecule has 25 heavy (non-hydrogen) atoms. The third-order valence-corrected chi connectivity index (χ3v) is 5.86. The first-order chi connectivity index (χ1) is 11.9. The molecule has 0 saturated heterocycles. The molecule has 0 aliphatic heterocycles. The molecule has 2 aromatic rings. The Labute approximate surface area is 156 Å². The van der Waals surface area contributed by atoms with Gasteiger partial charge in [0, 0.05) is 23.2 Å². The summed E-state index contributed by atoms with van der Waals surface area (Å²) in [6.45, 7) is 9.24. The number of rotatable bonds is 8. The van der Waals surface area contributed by atoms with E-state index in [0.717, 1.165) is 19.4 Å². The molecule has 2 aromatic heterocycles. The summed E-state index contributed by atoms with van der Waals surface area (Å²) in [5, 5.41) is 2.25. The molecule has 7 heteroatoms. The molecule has 1 atom stereocenters. The zero-order chi connectivity index (χ0) is 18.4. The van der Waals surface area contributed by atoms with Crippen molar-refractivity contribution in [2.24, 2.45) is 0 Å². The Morgan fingerprint density at radius 3 is 2.80 bits per heavy atom. The highest BCUT2D eigenvalue weighted by Gasteiger charge is 2.23. The molecular weight excluding hydrogens is 354 g/mol. The van der Waals surface area contributed by atoms with Crippen LogP contribution < -0.4 is 5.56 Å². The fourth-order valence-electron chi connectivity index (χ4n) is 2.44. The topological polar surface area (TPSA) is 66.1 Å². The fourth-order valence-corrected chi connectivity index (χ4v) is 4.30. The second-order valence-electron chi connectivity index (χ2n) is 6.09. The standard InChI is InChI=1S/C18H25N3O2S2/c1-5-6-8-21(11-15-12(2)7-9-24-15)17(23)14(4)25-18-19-13(3)10-16(22)20-18/h7,9-10,14H,5-6,8,11H2,1-4H3,(H,19,20,22)/t14-/m1/s1. The van der Waals surface area contributed by atoms with Gasteiger partial charge in [-0.1, -0.05) is 25.1 Å². The molecule has 0 fully saturated rings. The van der Waals surface area contributed by atoms with Crippen molar-refractivity contribution in [1.29, 1.82) is 0 Å². The maximum absolute atomic E-state index is 13.0. The number of hydrogen-bond acceptors (Lipinski definition) is 5. The number of aromatic nitrogens is 2. The predicted octanol–water partition coefficient (Wildman–Crippen LogP) is 3.76. The first-order valence-corrected chi connectivity index (χ1v) is 10.2. The first-order valence-electron chi connectivity index (χ1n) is 8.47. The maximum Gasteiger partial charge on any atom is 0.251 e. The lowest BCUT2D eigenvalue weighted by Gasteiger charge is -2.25. The quantitative estimate of drug-likeness (QED) is 0.560. The number of thioether (sulfide) groups is 1. The van der Waals surface area contributed by atoms with Crippen molar-refractivity contribution in [2.45, 2.75) is 57.5 Å². The summed E-state index contributed by atoms with van der Waals surface area (Å²) in [5.74, 6) is 0.0791. The van der Waals surface area contributed by atoms with Crippen molar-refractivity contribution in [2.75, 3.05) is 6.54 Å². The van der Waals surface area contributed by atoms with Gasteiger partial charge in [-0.25, -0.2) is 4.98 Å². The highest BCUT2D eigenvalue weighted by atomic mass is 32.2. The van der Waals surface area contributed by atoms with Crippen LogP contribution in [0.3, 0.4) is 0 Å². The number of thiophene rings is 1. The highest BCUT2D eigenvalue weighted by Crippen LogP contribution is 2.23. The third-order valence-electron chi connectivity index (χ3n) is 3.88. The minimum Gasteiger partial charge on any atom is -0.337 e. The summed E-state index contributed by atoms with van der Waals surface area (Å²) in [5.41, 5.74) is 1.69. The Hall–Kier alpha value is -1.60. The number of H-pyrrole nitrogens is 1. The normalized spacial score (nSPS) is 12.2. The summed E-state index contributed by atoms with van der Waals surface area (Å²) < 4.78 is 0. The molecule has 136 valence electrons. The van der Waals surface area contributed by atoms with Crippen LogP contribution in [0.15, 0.2) is 27.5 Å². The molecule has 0 aromatic carbocycles. The Morgan fingerprint density at radius 2 is 2.20 bits per heavy atom. The number of nitrogens with one attached hydrogen (secondary N) is 1. The lowest BCUT2D eigenvalue weighted by atomic mass is 10.2. The van der Waals surface area contributed by atoms with E-state index in [1.165, 1.54) is 28.3 Å². The summed E-state index contributed by atoms with van der Waals surface area (Å²) in [4.78, 5) is 34.7. The molecule has 1 N–H and O–H groups in total. The van der Waals surface area contributed by atoms with Crippen LogP contribution >= 0.6 is 23.1 Å². The van der Waals surface area contributed by atoms with Crippen molar-refractivity contribution in [3.8, 4) is 0 Å². The van der Waals surface area contributed by atoms with Crippen LogP contribution in [0.5, 0.6) is 0 Å². The Kier molecular flexibility index (Phi) is 7.25. The predicted molar refractivity (Wildman–Crippen MR) is 104 cm³/mol. The molecule has 0 aliphatic rings. The maximum atomic E-state index is 13.0. The number of amides is 1. The molecule has 2 rings (SSSR count). The van der Waals surface area contributed by atoms with Gasteiger partial charge in [-0.3, -0.25) is 9.59 Å². The van der Waals surface area contributed by atoms with Crippen molar-refractivity contribution in [3.63, 3.8) is 0 Å². The summed E-state index contributed by atoms with van der Waals surface area (Å²) in [7, 11) is 0. The third kappa shape index (κ3) is 5.71. The summed E-state index contributed by atoms with van der Waals surface area (Å²) in [6, 6.07) is 3.53. The van der Waals surface area contributed by atoms with Gasteiger partial charge in [-0.2, -0.15) is 0 Å². The largest absolute Gasteiger partial charge is 0.337 e. The SMILES string of the molecule is CCCCN(Cc1sccc1C)C(=O)[C@@H](C)Sc1nc(C)cc(=O)[nH]1. The van der Waals surface area contributed by atoms with E-state index in [2.05, 4.69) is 35.3 Å². The number of aryl methyl sites for hydroxylation is 2. The van der Waals surface area contributed by atoms with Crippen LogP contribution in [-0.4, -0.2) is 32.6 Å². The number of carbonyl (C=O) groups excluding carboxylic acids is 1. The van der Waals surface area contributed by atoms with Crippen LogP contribution in [0.1, 0.15) is 42.8 Å². The lowest BCUT2D eigenvalue weighted by molar-refractivity contribution is -0.131. The van der Waals surface area contributed by atoms with Crippen molar-refractivity contribution in [1.82, 2.24) is 14.9 Å². The van der Waals surface area contributed by atoms with E-state index in [-0.39, 0.29) is 16.7 Å². The van der Waals surface area contributed by atoms with Gasteiger partial charge in [-0.05, 0) is 44.2 Å². The monoisotopic (exact) mass is 379 g/mol. The zero-order valence-electron chi connectivity index (χ0n) is 15.2. The van der Waals surface area contributed by atoms with Crippen molar-refractivity contribution < 1.29 is 4.79 Å². The zero-order valence-corrected chi connectivity index (χ0v) is 16.8. The van der Waals surface area contributed by atoms with E-state index < -0.39 is 0 Å². The molecule has 2 heterocycles. The molecule has 0 aliphatic carbocycles. The van der Waals surface area contributed by atoms with Gasteiger partial charge in [0.25, 0.3) is 5.56 Å². The van der Waals surface area contributed by atoms with E-state index in [1.54, 1.807) is 18.3 Å². The van der Waals surface area contributed by atoms with E-state index >= 15 is 0 Å². The summed E-state index contributed by atoms with van der Waals surface area (Å²) in [6.07, 6.45) is 2.02. The van der Waals surface area contributed by atoms with Gasteiger partial charge < -0.3 is 9.88 Å². The van der Waals surface area contributed by atoms with Crippen molar-refractivity contribution >= 4 is 29.0 Å². The van der Waals surface area contributed by atoms with Crippen LogP contribution in [0.25, 0.3) is 0 Å². The van der Waals surface area contributed by atoms with E-state index in [0.29, 0.717) is 17.4 Å². The minimum atomic E-state index is -0.304. The average molecular weight is 380 g/mol. The summed E-state index contributed by atoms with van der Waals surface area (Å²) >= 11 is 2.99. The van der Waals surface area contributed by atoms with Gasteiger partial charge in [0.05, 0.1) is 11.8 Å². The molecule has 1 amide bonds. The van der Waals surface area contributed by atoms with E-state index in [9.17, 15) is 9.59 Å². The number of unbranched alkanes of at least 4 members (excludes halogenated alkanes) is 1. The van der Waals surface area contributed by atoms with E-state index in [1.807, 2.05) is 11.8 Å². The Morgan fingerprint density at radius 1 is 1.44 bits per heavy atom. The average Bonchev–Trinajstić information content (AvgIpc) is 2.94. The second kappa shape index (κ2) is 9.20. The fraction of sp³-hybridized carbons (Fsp3) is 0.500. The van der Waals surface area contributed by atoms with E-state index in [4.69, 9.17) is 0 Å². The number of aromatic amines is 1. The second-order valence-corrected chi connectivity index (χ2v) is 8.42. The Bertz CT molecular complexity index is 770. The minimum absolute atomic E-state index is 0.0791. The van der Waals surface area contributed by atoms with Crippen LogP contribution in [0.4, 0.5) is 0 Å². The smallest absolute Gasteiger partial charge is 0.251 e. The van der Waals surface area contributed by atoms with Crippen LogP contribution in [-0.2, 0) is 11.3 Å². The van der Waals surface area contributed by atoms with Crippen molar-refractivity contribution in [3.05, 3.63) is 44.0 Å². The molecule has 0 saturated carbocycles. The number of carbonyl (C=O) groups is 1. The van der Waals surface area contributed by atoms with Crippen LogP contribution in [0.2, 0.25) is 0 Å². The molecule has 0 radical (unpaired) electrons.